The molecule has 0 N–H and O–H groups in total. The number of hydrogen-bond donors (Lipinski definition) is 0. The second-order valence-electron chi connectivity index (χ2n) is 8.44. The maximum atomic E-state index is 12.8. The van der Waals surface area contributed by atoms with Crippen LogP contribution in [-0.4, -0.2) is 34.3 Å². The van der Waals surface area contributed by atoms with E-state index in [0.29, 0.717) is 18.8 Å². The highest BCUT2D eigenvalue weighted by atomic mass is 79.9. The van der Waals surface area contributed by atoms with Gasteiger partial charge in [-0.1, -0.05) is 24.3 Å². The first-order chi connectivity index (χ1) is 14.2. The Labute approximate surface area is 186 Å². The van der Waals surface area contributed by atoms with Gasteiger partial charge in [0.25, 0.3) is 0 Å². The standard InChI is InChI=1S/C23H28BrN3O3/c1-23(2,3)30-22(28)27-12-11-16-8-5-6-9-18(16)21(27)29-13-7-10-20-19(24)14-17(15-25)26(20)4/h5-6,8-9,14,21H,7,10-13H2,1-4H3. The van der Waals surface area contributed by atoms with Gasteiger partial charge in [-0.05, 0) is 67.6 Å². The van der Waals surface area contributed by atoms with Crippen molar-refractivity contribution < 1.29 is 14.3 Å². The molecular weight excluding hydrogens is 446 g/mol. The highest BCUT2D eigenvalue weighted by molar-refractivity contribution is 9.10. The van der Waals surface area contributed by atoms with Crippen molar-refractivity contribution in [2.24, 2.45) is 7.05 Å². The Bertz CT molecular complexity index is 956. The van der Waals surface area contributed by atoms with Crippen LogP contribution in [0.1, 0.15) is 55.9 Å². The molecule has 0 saturated carbocycles. The summed E-state index contributed by atoms with van der Waals surface area (Å²) in [4.78, 5) is 14.5. The van der Waals surface area contributed by atoms with Crippen LogP contribution in [0.2, 0.25) is 0 Å². The zero-order valence-electron chi connectivity index (χ0n) is 17.9. The number of hydrogen-bond acceptors (Lipinski definition) is 4. The zero-order chi connectivity index (χ0) is 21.9. The van der Waals surface area contributed by atoms with Gasteiger partial charge in [-0.2, -0.15) is 5.26 Å². The fourth-order valence-corrected chi connectivity index (χ4v) is 4.33. The molecule has 6 nitrogen and oxygen atoms in total. The maximum absolute atomic E-state index is 12.8. The first-order valence-electron chi connectivity index (χ1n) is 10.1. The summed E-state index contributed by atoms with van der Waals surface area (Å²) in [7, 11) is 1.89. The van der Waals surface area contributed by atoms with Crippen LogP contribution < -0.4 is 0 Å². The second kappa shape index (κ2) is 9.23. The lowest BCUT2D eigenvalue weighted by Crippen LogP contribution is -2.44. The van der Waals surface area contributed by atoms with Crippen LogP contribution in [0.25, 0.3) is 0 Å². The van der Waals surface area contributed by atoms with E-state index in [0.717, 1.165) is 35.0 Å². The largest absolute Gasteiger partial charge is 0.444 e. The van der Waals surface area contributed by atoms with E-state index in [4.69, 9.17) is 9.47 Å². The van der Waals surface area contributed by atoms with Crippen molar-refractivity contribution in [3.05, 3.63) is 57.3 Å². The minimum Gasteiger partial charge on any atom is -0.444 e. The lowest BCUT2D eigenvalue weighted by Gasteiger charge is -2.37. The van der Waals surface area contributed by atoms with Crippen LogP contribution >= 0.6 is 15.9 Å². The van der Waals surface area contributed by atoms with E-state index in [-0.39, 0.29) is 6.09 Å². The van der Waals surface area contributed by atoms with Crippen LogP contribution in [0.15, 0.2) is 34.8 Å². The Balaban J connectivity index is 1.70. The summed E-state index contributed by atoms with van der Waals surface area (Å²) in [5, 5.41) is 9.19. The van der Waals surface area contributed by atoms with Crippen LogP contribution in [0.5, 0.6) is 0 Å². The topological polar surface area (TPSA) is 67.5 Å². The Kier molecular flexibility index (Phi) is 6.89. The van der Waals surface area contributed by atoms with Crippen LogP contribution in [0, 0.1) is 11.3 Å². The monoisotopic (exact) mass is 473 g/mol. The SMILES string of the molecule is Cn1c(C#N)cc(Br)c1CCCOC1c2ccccc2CCN1C(=O)OC(C)(C)C. The minimum atomic E-state index is -0.560. The molecule has 1 unspecified atom stereocenters. The Morgan fingerprint density at radius 2 is 2.07 bits per heavy atom. The number of halogens is 1. The number of fused-ring (bicyclic) bond motifs is 1. The third-order valence-electron chi connectivity index (χ3n) is 5.11. The fourth-order valence-electron chi connectivity index (χ4n) is 3.65. The van der Waals surface area contributed by atoms with Gasteiger partial charge in [-0.3, -0.25) is 4.90 Å². The highest BCUT2D eigenvalue weighted by Crippen LogP contribution is 2.32. The predicted octanol–water partition coefficient (Wildman–Crippen LogP) is 5.10. The number of benzene rings is 1. The molecule has 30 heavy (non-hydrogen) atoms. The van der Waals surface area contributed by atoms with Crippen molar-refractivity contribution in [1.29, 1.82) is 5.26 Å². The van der Waals surface area contributed by atoms with E-state index in [2.05, 4.69) is 28.1 Å². The second-order valence-corrected chi connectivity index (χ2v) is 9.30. The van der Waals surface area contributed by atoms with Crippen molar-refractivity contribution in [1.82, 2.24) is 9.47 Å². The van der Waals surface area contributed by atoms with Crippen LogP contribution in [0.4, 0.5) is 4.79 Å². The molecule has 1 aliphatic heterocycles. The molecule has 0 aliphatic carbocycles. The molecule has 0 saturated heterocycles. The molecule has 1 aromatic heterocycles. The number of carbonyl (C=O) groups excluding carboxylic acids is 1. The van der Waals surface area contributed by atoms with Gasteiger partial charge in [0.15, 0.2) is 6.23 Å². The number of ether oxygens (including phenoxy) is 2. The molecule has 0 fully saturated rings. The summed E-state index contributed by atoms with van der Waals surface area (Å²) in [5.74, 6) is 0. The van der Waals surface area contributed by atoms with Crippen LogP contribution in [-0.2, 0) is 29.4 Å². The average Bonchev–Trinajstić information content (AvgIpc) is 2.96. The molecule has 0 radical (unpaired) electrons. The molecule has 1 aromatic carbocycles. The van der Waals surface area contributed by atoms with E-state index in [1.807, 2.05) is 56.7 Å². The average molecular weight is 474 g/mol. The molecule has 7 heteroatoms. The number of amides is 1. The summed E-state index contributed by atoms with van der Waals surface area (Å²) in [6.07, 6.45) is 1.49. The lowest BCUT2D eigenvalue weighted by atomic mass is 9.98. The summed E-state index contributed by atoms with van der Waals surface area (Å²) in [6, 6.07) is 12.1. The van der Waals surface area contributed by atoms with Crippen molar-refractivity contribution in [3.8, 4) is 6.07 Å². The van der Waals surface area contributed by atoms with Gasteiger partial charge in [0.1, 0.15) is 17.4 Å². The number of rotatable bonds is 5. The molecule has 0 bridgehead atoms. The molecule has 0 spiro atoms. The van der Waals surface area contributed by atoms with Gasteiger partial charge in [0.2, 0.25) is 0 Å². The number of aromatic nitrogens is 1. The Morgan fingerprint density at radius 3 is 2.73 bits per heavy atom. The molecule has 1 atom stereocenters. The van der Waals surface area contributed by atoms with E-state index in [9.17, 15) is 10.1 Å². The summed E-state index contributed by atoms with van der Waals surface area (Å²) >= 11 is 3.53. The number of nitrogens with zero attached hydrogens (tertiary/aromatic N) is 3. The number of carbonyl (C=O) groups is 1. The maximum Gasteiger partial charge on any atom is 0.412 e. The normalized spacial score (nSPS) is 16.1. The van der Waals surface area contributed by atoms with E-state index in [1.54, 1.807) is 4.90 Å². The molecule has 3 rings (SSSR count). The third kappa shape index (κ3) is 5.05. The zero-order valence-corrected chi connectivity index (χ0v) is 19.5. The highest BCUT2D eigenvalue weighted by Gasteiger charge is 2.34. The Morgan fingerprint density at radius 1 is 1.33 bits per heavy atom. The lowest BCUT2D eigenvalue weighted by molar-refractivity contribution is -0.0752. The van der Waals surface area contributed by atoms with Crippen LogP contribution in [0.3, 0.4) is 0 Å². The number of nitriles is 1. The quantitative estimate of drug-likeness (QED) is 0.566. The summed E-state index contributed by atoms with van der Waals surface area (Å²) in [6.45, 7) is 6.65. The van der Waals surface area contributed by atoms with E-state index < -0.39 is 11.8 Å². The summed E-state index contributed by atoms with van der Waals surface area (Å²) in [5.41, 5.74) is 3.33. The van der Waals surface area contributed by atoms with E-state index >= 15 is 0 Å². The molecule has 2 aromatic rings. The molecular formula is C23H28BrN3O3. The molecule has 1 amide bonds. The third-order valence-corrected chi connectivity index (χ3v) is 5.79. The predicted molar refractivity (Wildman–Crippen MR) is 118 cm³/mol. The minimum absolute atomic E-state index is 0.356. The molecule has 160 valence electrons. The molecule has 2 heterocycles. The van der Waals surface area contributed by atoms with E-state index in [1.165, 1.54) is 5.56 Å². The van der Waals surface area contributed by atoms with Gasteiger partial charge in [0, 0.05) is 35.9 Å². The van der Waals surface area contributed by atoms with Crippen molar-refractivity contribution in [3.63, 3.8) is 0 Å². The Hall–Kier alpha value is -2.30. The first kappa shape index (κ1) is 22.4. The smallest absolute Gasteiger partial charge is 0.412 e. The van der Waals surface area contributed by atoms with Gasteiger partial charge in [-0.15, -0.1) is 0 Å². The van der Waals surface area contributed by atoms with Crippen molar-refractivity contribution in [2.75, 3.05) is 13.2 Å². The van der Waals surface area contributed by atoms with Gasteiger partial charge in [-0.25, -0.2) is 4.79 Å². The van der Waals surface area contributed by atoms with Crippen molar-refractivity contribution >= 4 is 22.0 Å². The molecule has 1 aliphatic rings. The van der Waals surface area contributed by atoms with Gasteiger partial charge in [0.05, 0.1) is 0 Å². The van der Waals surface area contributed by atoms with Gasteiger partial charge < -0.3 is 14.0 Å². The van der Waals surface area contributed by atoms with Gasteiger partial charge >= 0.3 is 6.09 Å². The fraction of sp³-hybridized carbons (Fsp3) is 0.478. The van der Waals surface area contributed by atoms with Crippen molar-refractivity contribution in [2.45, 2.75) is 51.9 Å². The summed E-state index contributed by atoms with van der Waals surface area (Å²) < 4.78 is 14.7. The first-order valence-corrected chi connectivity index (χ1v) is 10.9.